The molecule has 0 aliphatic carbocycles. The van der Waals surface area contributed by atoms with Crippen LogP contribution in [0.15, 0.2) is 6.33 Å². The Bertz CT molecular complexity index is 272. The second-order valence-corrected chi connectivity index (χ2v) is 2.68. The van der Waals surface area contributed by atoms with Gasteiger partial charge in [0.15, 0.2) is 0 Å². The molecular weight excluding hydrogens is 179 g/mol. The maximum Gasteiger partial charge on any atom is 0.208 e. The summed E-state index contributed by atoms with van der Waals surface area (Å²) in [5.41, 5.74) is 5.27. The van der Waals surface area contributed by atoms with Gasteiger partial charge < -0.3 is 5.73 Å². The molecule has 2 N–H and O–H groups in total. The summed E-state index contributed by atoms with van der Waals surface area (Å²) in [6, 6.07) is 0. The van der Waals surface area contributed by atoms with Crippen LogP contribution in [0.25, 0.3) is 0 Å². The fourth-order valence-corrected chi connectivity index (χ4v) is 0.831. The Morgan fingerprint density at radius 1 is 1.75 bits per heavy atom. The Kier molecular flexibility index (Phi) is 3.09. The van der Waals surface area contributed by atoms with Gasteiger partial charge in [0, 0.05) is 6.54 Å². The number of aromatic nitrogens is 3. The first-order valence-corrected chi connectivity index (χ1v) is 3.90. The third kappa shape index (κ3) is 2.23. The molecule has 1 aromatic rings. The lowest BCUT2D eigenvalue weighted by Crippen LogP contribution is -2.12. The first-order valence-electron chi connectivity index (χ1n) is 3.49. The summed E-state index contributed by atoms with van der Waals surface area (Å²) in [6.45, 7) is 0.147. The molecule has 0 saturated heterocycles. The van der Waals surface area contributed by atoms with E-state index >= 15 is 0 Å². The van der Waals surface area contributed by atoms with Crippen molar-refractivity contribution in [1.29, 1.82) is 0 Å². The molecule has 0 fully saturated rings. The molecule has 6 heteroatoms. The zero-order chi connectivity index (χ0) is 8.97. The number of alkyl halides is 1. The molecule has 0 radical (unpaired) electrons. The van der Waals surface area contributed by atoms with Gasteiger partial charge in [-0.25, -0.2) is 4.98 Å². The van der Waals surface area contributed by atoms with Crippen LogP contribution >= 0.6 is 12.2 Å². The van der Waals surface area contributed by atoms with Gasteiger partial charge in [-0.2, -0.15) is 0 Å². The van der Waals surface area contributed by atoms with Crippen molar-refractivity contribution in [2.75, 3.05) is 6.67 Å². The van der Waals surface area contributed by atoms with Crippen LogP contribution in [0.1, 0.15) is 12.2 Å². The van der Waals surface area contributed by atoms with E-state index in [1.54, 1.807) is 0 Å². The lowest BCUT2D eigenvalue weighted by atomic mass is 10.5. The Balaban J connectivity index is 2.58. The molecule has 0 atom stereocenters. The smallest absolute Gasteiger partial charge is 0.208 e. The van der Waals surface area contributed by atoms with Gasteiger partial charge in [0.05, 0.1) is 6.67 Å². The minimum atomic E-state index is -0.359. The quantitative estimate of drug-likeness (QED) is 0.689. The van der Waals surface area contributed by atoms with Crippen molar-refractivity contribution in [3.63, 3.8) is 0 Å². The molecule has 12 heavy (non-hydrogen) atoms. The highest BCUT2D eigenvalue weighted by atomic mass is 32.1. The maximum absolute atomic E-state index is 11.7. The molecule has 0 aliphatic heterocycles. The average Bonchev–Trinajstić information content (AvgIpc) is 2.48. The molecule has 0 spiro atoms. The SMILES string of the molecule is NC(=S)c1ncn(CCCF)n1. The summed E-state index contributed by atoms with van der Waals surface area (Å²) in [5, 5.41) is 3.92. The van der Waals surface area contributed by atoms with Crippen molar-refractivity contribution < 1.29 is 4.39 Å². The number of hydrogen-bond acceptors (Lipinski definition) is 3. The number of aryl methyl sites for hydroxylation is 1. The van der Waals surface area contributed by atoms with E-state index in [4.69, 9.17) is 5.73 Å². The predicted molar refractivity (Wildman–Crippen MR) is 46.5 cm³/mol. The van der Waals surface area contributed by atoms with Crippen LogP contribution in [0.5, 0.6) is 0 Å². The zero-order valence-corrected chi connectivity index (χ0v) is 7.22. The number of rotatable bonds is 4. The molecule has 66 valence electrons. The Labute approximate surface area is 74.6 Å². The Morgan fingerprint density at radius 2 is 2.50 bits per heavy atom. The molecule has 0 saturated carbocycles. The topological polar surface area (TPSA) is 56.7 Å². The van der Waals surface area contributed by atoms with E-state index in [0.29, 0.717) is 18.8 Å². The van der Waals surface area contributed by atoms with Gasteiger partial charge >= 0.3 is 0 Å². The minimum Gasteiger partial charge on any atom is -0.387 e. The third-order valence-corrected chi connectivity index (χ3v) is 1.46. The maximum atomic E-state index is 11.7. The van der Waals surface area contributed by atoms with Crippen LogP contribution in [0.4, 0.5) is 4.39 Å². The van der Waals surface area contributed by atoms with Gasteiger partial charge in [0.1, 0.15) is 11.3 Å². The van der Waals surface area contributed by atoms with Crippen LogP contribution in [-0.2, 0) is 6.54 Å². The largest absolute Gasteiger partial charge is 0.387 e. The molecule has 1 rings (SSSR count). The molecular formula is C6H9FN4S. The van der Waals surface area contributed by atoms with Gasteiger partial charge in [-0.1, -0.05) is 12.2 Å². The van der Waals surface area contributed by atoms with Gasteiger partial charge in [0.2, 0.25) is 5.82 Å². The van der Waals surface area contributed by atoms with Gasteiger partial charge in [0.25, 0.3) is 0 Å². The molecule has 1 aromatic heterocycles. The van der Waals surface area contributed by atoms with Crippen molar-refractivity contribution in [1.82, 2.24) is 14.8 Å². The Morgan fingerprint density at radius 3 is 3.00 bits per heavy atom. The van der Waals surface area contributed by atoms with Crippen molar-refractivity contribution in [2.24, 2.45) is 5.73 Å². The first kappa shape index (κ1) is 9.05. The van der Waals surface area contributed by atoms with Crippen LogP contribution < -0.4 is 5.73 Å². The summed E-state index contributed by atoms with van der Waals surface area (Å²) >= 11 is 4.65. The van der Waals surface area contributed by atoms with E-state index in [1.807, 2.05) is 0 Å². The summed E-state index contributed by atoms with van der Waals surface area (Å²) in [6.07, 6.45) is 1.92. The zero-order valence-electron chi connectivity index (χ0n) is 6.40. The van der Waals surface area contributed by atoms with Crippen LogP contribution in [0, 0.1) is 0 Å². The number of nitrogens with zero attached hydrogens (tertiary/aromatic N) is 3. The molecule has 0 unspecified atom stereocenters. The van der Waals surface area contributed by atoms with Gasteiger partial charge in [-0.15, -0.1) is 5.10 Å². The minimum absolute atomic E-state index is 0.161. The van der Waals surface area contributed by atoms with Crippen molar-refractivity contribution in [2.45, 2.75) is 13.0 Å². The van der Waals surface area contributed by atoms with Crippen LogP contribution in [0.3, 0.4) is 0 Å². The molecule has 1 heterocycles. The third-order valence-electron chi connectivity index (χ3n) is 1.28. The molecule has 4 nitrogen and oxygen atoms in total. The number of halogens is 1. The monoisotopic (exact) mass is 188 g/mol. The summed E-state index contributed by atoms with van der Waals surface area (Å²) in [7, 11) is 0. The van der Waals surface area contributed by atoms with Gasteiger partial charge in [-0.3, -0.25) is 9.07 Å². The second kappa shape index (κ2) is 4.10. The predicted octanol–water partition coefficient (Wildman–Crippen LogP) is 0.272. The van der Waals surface area contributed by atoms with Crippen molar-refractivity contribution >= 4 is 17.2 Å². The summed E-state index contributed by atoms with van der Waals surface area (Å²) < 4.78 is 13.3. The average molecular weight is 188 g/mol. The van der Waals surface area contributed by atoms with Crippen molar-refractivity contribution in [3.05, 3.63) is 12.2 Å². The second-order valence-electron chi connectivity index (χ2n) is 2.24. The fraction of sp³-hybridized carbons (Fsp3) is 0.500. The van der Waals surface area contributed by atoms with E-state index in [0.717, 1.165) is 0 Å². The normalized spacial score (nSPS) is 10.1. The molecule has 0 aliphatic rings. The van der Waals surface area contributed by atoms with Crippen LogP contribution in [0.2, 0.25) is 0 Å². The van der Waals surface area contributed by atoms with Crippen LogP contribution in [-0.4, -0.2) is 26.4 Å². The molecule has 0 aromatic carbocycles. The number of nitrogens with two attached hydrogens (primary N) is 1. The van der Waals surface area contributed by atoms with Crippen molar-refractivity contribution in [3.8, 4) is 0 Å². The standard InChI is InChI=1S/C6H9FN4S/c7-2-1-3-11-4-9-6(10-11)5(8)12/h4H,1-3H2,(H2,8,12). The lowest BCUT2D eigenvalue weighted by Gasteiger charge is -1.94. The lowest BCUT2D eigenvalue weighted by molar-refractivity contribution is 0.434. The molecule has 0 bridgehead atoms. The highest BCUT2D eigenvalue weighted by Crippen LogP contribution is 1.92. The highest BCUT2D eigenvalue weighted by molar-refractivity contribution is 7.80. The van der Waals surface area contributed by atoms with Gasteiger partial charge in [-0.05, 0) is 6.42 Å². The Hall–Kier alpha value is -1.04. The molecule has 0 amide bonds. The van der Waals surface area contributed by atoms with E-state index in [9.17, 15) is 4.39 Å². The highest BCUT2D eigenvalue weighted by Gasteiger charge is 2.01. The fourth-order valence-electron chi connectivity index (χ4n) is 0.737. The van der Waals surface area contributed by atoms with E-state index in [1.165, 1.54) is 11.0 Å². The first-order chi connectivity index (χ1) is 5.74. The summed E-state index contributed by atoms with van der Waals surface area (Å²) in [4.78, 5) is 3.99. The van der Waals surface area contributed by atoms with E-state index in [2.05, 4.69) is 22.3 Å². The van der Waals surface area contributed by atoms with E-state index < -0.39 is 0 Å². The summed E-state index contributed by atoms with van der Waals surface area (Å²) in [5.74, 6) is 0.337. The number of hydrogen-bond donors (Lipinski definition) is 1. The number of thiocarbonyl (C=S) groups is 1. The van der Waals surface area contributed by atoms with E-state index in [-0.39, 0.29) is 11.7 Å².